The van der Waals surface area contributed by atoms with Crippen LogP contribution in [0, 0.1) is 0 Å². The van der Waals surface area contributed by atoms with Gasteiger partial charge in [-0.1, -0.05) is 28.9 Å². The number of hydrogen-bond donors (Lipinski definition) is 1. The van der Waals surface area contributed by atoms with Crippen molar-refractivity contribution >= 4 is 17.6 Å². The van der Waals surface area contributed by atoms with Crippen molar-refractivity contribution in [1.29, 1.82) is 0 Å². The molecule has 1 aliphatic rings. The fourth-order valence-corrected chi connectivity index (χ4v) is 2.55. The van der Waals surface area contributed by atoms with E-state index in [0.29, 0.717) is 24.5 Å². The van der Waals surface area contributed by atoms with Crippen molar-refractivity contribution in [2.45, 2.75) is 13.0 Å². The Balaban J connectivity index is 1.90. The van der Waals surface area contributed by atoms with E-state index < -0.39 is 5.97 Å². The number of rotatable bonds is 3. The minimum Gasteiger partial charge on any atom is -0.480 e. The predicted octanol–water partition coefficient (Wildman–Crippen LogP) is 2.44. The molecule has 0 radical (unpaired) electrons. The minimum atomic E-state index is -0.821. The van der Waals surface area contributed by atoms with E-state index in [1.807, 2.05) is 17.0 Å². The molecule has 1 aliphatic heterocycles. The van der Waals surface area contributed by atoms with E-state index in [4.69, 9.17) is 21.2 Å². The van der Waals surface area contributed by atoms with Crippen LogP contribution < -0.4 is 0 Å². The number of benzene rings is 1. The summed E-state index contributed by atoms with van der Waals surface area (Å²) >= 11 is 5.88. The van der Waals surface area contributed by atoms with Gasteiger partial charge in [0.25, 0.3) is 0 Å². The van der Waals surface area contributed by atoms with E-state index >= 15 is 0 Å². The molecule has 0 spiro atoms. The Bertz CT molecular complexity index is 636. The molecule has 0 aliphatic carbocycles. The van der Waals surface area contributed by atoms with Gasteiger partial charge < -0.3 is 9.63 Å². The number of hydrogen-bond acceptors (Lipinski definition) is 4. The Morgan fingerprint density at radius 2 is 2.15 bits per heavy atom. The van der Waals surface area contributed by atoms with Crippen molar-refractivity contribution in [2.75, 3.05) is 13.1 Å². The Morgan fingerprint density at radius 3 is 2.85 bits per heavy atom. The van der Waals surface area contributed by atoms with Gasteiger partial charge >= 0.3 is 5.97 Å². The molecule has 0 fully saturated rings. The number of carboxylic acid groups (broad SMARTS) is 1. The lowest BCUT2D eigenvalue weighted by Gasteiger charge is -2.24. The molecule has 2 aromatic rings. The zero-order chi connectivity index (χ0) is 14.1. The lowest BCUT2D eigenvalue weighted by atomic mass is 10.0. The summed E-state index contributed by atoms with van der Waals surface area (Å²) in [5.41, 5.74) is 2.67. The second kappa shape index (κ2) is 5.26. The van der Waals surface area contributed by atoms with Gasteiger partial charge in [-0.3, -0.25) is 9.69 Å². The lowest BCUT2D eigenvalue weighted by molar-refractivity contribution is -0.138. The zero-order valence-electron chi connectivity index (χ0n) is 10.7. The fraction of sp³-hybridized carbons (Fsp3) is 0.286. The summed E-state index contributed by atoms with van der Waals surface area (Å²) in [5.74, 6) is 0.0227. The van der Waals surface area contributed by atoms with Crippen LogP contribution >= 0.6 is 11.6 Å². The molecule has 1 aromatic carbocycles. The Kier molecular flexibility index (Phi) is 3.46. The summed E-state index contributed by atoms with van der Waals surface area (Å²) < 4.78 is 5.37. The maximum Gasteiger partial charge on any atom is 0.317 e. The van der Waals surface area contributed by atoms with E-state index in [9.17, 15) is 4.79 Å². The molecule has 2 heterocycles. The van der Waals surface area contributed by atoms with Gasteiger partial charge in [-0.25, -0.2) is 0 Å². The minimum absolute atomic E-state index is 0.0324. The summed E-state index contributed by atoms with van der Waals surface area (Å²) in [6.07, 6.45) is 0.684. The monoisotopic (exact) mass is 292 g/mol. The van der Waals surface area contributed by atoms with Crippen LogP contribution in [0.2, 0.25) is 5.02 Å². The summed E-state index contributed by atoms with van der Waals surface area (Å²) in [7, 11) is 0. The molecule has 5 nitrogen and oxygen atoms in total. The van der Waals surface area contributed by atoms with Gasteiger partial charge in [-0.2, -0.15) is 0 Å². The van der Waals surface area contributed by atoms with Gasteiger partial charge in [0.05, 0.1) is 6.54 Å². The highest BCUT2D eigenvalue weighted by Gasteiger charge is 2.25. The third kappa shape index (κ3) is 2.55. The molecule has 0 amide bonds. The van der Waals surface area contributed by atoms with Crippen molar-refractivity contribution in [3.05, 3.63) is 40.6 Å². The van der Waals surface area contributed by atoms with E-state index in [1.54, 1.807) is 12.1 Å². The molecule has 1 N–H and O–H groups in total. The highest BCUT2D eigenvalue weighted by atomic mass is 35.5. The second-order valence-electron chi connectivity index (χ2n) is 4.79. The maximum absolute atomic E-state index is 10.8. The molecule has 104 valence electrons. The highest BCUT2D eigenvalue weighted by molar-refractivity contribution is 6.30. The van der Waals surface area contributed by atoms with Crippen LogP contribution in [0.5, 0.6) is 0 Å². The smallest absolute Gasteiger partial charge is 0.317 e. The van der Waals surface area contributed by atoms with E-state index in [2.05, 4.69) is 5.16 Å². The van der Waals surface area contributed by atoms with Crippen LogP contribution in [0.3, 0.4) is 0 Å². The zero-order valence-corrected chi connectivity index (χ0v) is 11.4. The predicted molar refractivity (Wildman–Crippen MR) is 73.6 cm³/mol. The summed E-state index contributed by atoms with van der Waals surface area (Å²) in [6, 6.07) is 7.37. The first-order valence-corrected chi connectivity index (χ1v) is 6.69. The number of carbonyl (C=O) groups is 1. The first-order chi connectivity index (χ1) is 9.63. The molecular weight excluding hydrogens is 280 g/mol. The molecule has 3 rings (SSSR count). The molecule has 20 heavy (non-hydrogen) atoms. The number of fused-ring (bicyclic) bond motifs is 1. The Hall–Kier alpha value is -1.85. The van der Waals surface area contributed by atoms with Crippen molar-refractivity contribution in [1.82, 2.24) is 10.1 Å². The van der Waals surface area contributed by atoms with Gasteiger partial charge in [0.2, 0.25) is 0 Å². The van der Waals surface area contributed by atoms with Crippen molar-refractivity contribution in [2.24, 2.45) is 0 Å². The van der Waals surface area contributed by atoms with Crippen LogP contribution in [0.1, 0.15) is 11.3 Å². The molecular formula is C14H13ClN2O3. The van der Waals surface area contributed by atoms with Crippen LogP contribution in [-0.2, 0) is 17.8 Å². The first kappa shape index (κ1) is 13.1. The fourth-order valence-electron chi connectivity index (χ4n) is 2.43. The number of nitrogens with zero attached hydrogens (tertiary/aromatic N) is 2. The van der Waals surface area contributed by atoms with Gasteiger partial charge in [-0.15, -0.1) is 0 Å². The third-order valence-electron chi connectivity index (χ3n) is 3.38. The number of aromatic nitrogens is 1. The average Bonchev–Trinajstić information content (AvgIpc) is 2.82. The standard InChI is InChI=1S/C14H13ClN2O3/c15-10-3-1-9(2-4-10)14-11-7-17(8-13(18)19)6-5-12(11)20-16-14/h1-4H,5-8H2,(H,18,19). The van der Waals surface area contributed by atoms with Crippen LogP contribution in [-0.4, -0.2) is 34.2 Å². The van der Waals surface area contributed by atoms with Gasteiger partial charge in [0.15, 0.2) is 0 Å². The molecule has 0 saturated heterocycles. The SMILES string of the molecule is O=C(O)CN1CCc2onc(-c3ccc(Cl)cc3)c2C1. The summed E-state index contributed by atoms with van der Waals surface area (Å²) in [4.78, 5) is 12.7. The molecule has 6 heteroatoms. The number of halogens is 1. The van der Waals surface area contributed by atoms with Gasteiger partial charge in [0.1, 0.15) is 11.5 Å². The normalized spacial score (nSPS) is 15.1. The van der Waals surface area contributed by atoms with E-state index in [-0.39, 0.29) is 6.54 Å². The first-order valence-electron chi connectivity index (χ1n) is 6.31. The Labute approximate surface area is 120 Å². The lowest BCUT2D eigenvalue weighted by Crippen LogP contribution is -2.34. The molecule has 0 saturated carbocycles. The van der Waals surface area contributed by atoms with Crippen LogP contribution in [0.25, 0.3) is 11.3 Å². The van der Waals surface area contributed by atoms with Gasteiger partial charge in [-0.05, 0) is 12.1 Å². The van der Waals surface area contributed by atoms with Crippen molar-refractivity contribution in [3.8, 4) is 11.3 Å². The van der Waals surface area contributed by atoms with Crippen LogP contribution in [0.4, 0.5) is 0 Å². The van der Waals surface area contributed by atoms with E-state index in [1.165, 1.54) is 0 Å². The Morgan fingerprint density at radius 1 is 1.40 bits per heavy atom. The molecule has 0 bridgehead atoms. The molecule has 0 unspecified atom stereocenters. The molecule has 1 aromatic heterocycles. The number of carboxylic acids is 1. The second-order valence-corrected chi connectivity index (χ2v) is 5.23. The van der Waals surface area contributed by atoms with Crippen LogP contribution in [0.15, 0.2) is 28.8 Å². The highest BCUT2D eigenvalue weighted by Crippen LogP contribution is 2.30. The average molecular weight is 293 g/mol. The van der Waals surface area contributed by atoms with Crippen molar-refractivity contribution in [3.63, 3.8) is 0 Å². The molecule has 0 atom stereocenters. The third-order valence-corrected chi connectivity index (χ3v) is 3.63. The van der Waals surface area contributed by atoms with Gasteiger partial charge in [0, 0.05) is 35.7 Å². The summed E-state index contributed by atoms with van der Waals surface area (Å²) in [5, 5.41) is 13.7. The number of aliphatic carboxylic acids is 1. The summed E-state index contributed by atoms with van der Waals surface area (Å²) in [6.45, 7) is 1.25. The largest absolute Gasteiger partial charge is 0.480 e. The van der Waals surface area contributed by atoms with Crippen molar-refractivity contribution < 1.29 is 14.4 Å². The quantitative estimate of drug-likeness (QED) is 0.941. The van der Waals surface area contributed by atoms with E-state index in [0.717, 1.165) is 22.6 Å². The topological polar surface area (TPSA) is 66.6 Å². The maximum atomic E-state index is 10.8.